The first-order valence-corrected chi connectivity index (χ1v) is 20.2. The molecule has 46 heavy (non-hydrogen) atoms. The zero-order valence-corrected chi connectivity index (χ0v) is 30.9. The molecule has 0 bridgehead atoms. The monoisotopic (exact) mass is 651 g/mol. The quantitative estimate of drug-likeness (QED) is 0.0411. The summed E-state index contributed by atoms with van der Waals surface area (Å²) in [6.45, 7) is 4.31. The fourth-order valence-electron chi connectivity index (χ4n) is 5.91. The molecule has 5 nitrogen and oxygen atoms in total. The molecule has 272 valence electrons. The predicted octanol–water partition coefficient (Wildman–Crippen LogP) is 12.5. The Balaban J connectivity index is 3.40. The van der Waals surface area contributed by atoms with Crippen LogP contribution in [-0.4, -0.2) is 36.4 Å². The molecule has 0 aliphatic heterocycles. The van der Waals surface area contributed by atoms with Crippen LogP contribution in [0.25, 0.3) is 0 Å². The Labute approximate surface area is 286 Å². The number of aliphatic hydroxyl groups excluding tert-OH is 1. The van der Waals surface area contributed by atoms with Gasteiger partial charge in [-0.3, -0.25) is 9.59 Å². The number of carbonyl (C=O) groups is 2. The highest BCUT2D eigenvalue weighted by Gasteiger charge is 2.12. The molecular weight excluding hydrogens is 572 g/mol. The average Bonchev–Trinajstić information content (AvgIpc) is 3.06. The van der Waals surface area contributed by atoms with Crippen molar-refractivity contribution in [1.82, 2.24) is 0 Å². The second kappa shape index (κ2) is 38.1. The highest BCUT2D eigenvalue weighted by atomic mass is 16.6. The molecular formula is C41H78O5. The van der Waals surface area contributed by atoms with Crippen LogP contribution in [0.1, 0.15) is 219 Å². The zero-order chi connectivity index (χ0) is 33.6. The third kappa shape index (κ3) is 37.1. The topological polar surface area (TPSA) is 72.8 Å². The standard InChI is InChI=1S/C41H78O5/c1-3-5-7-9-11-13-15-17-19-20-22-24-26-28-30-32-34-36-41(44)46-38-39(42)37-45-40(43)35-33-31-29-27-25-23-21-18-16-14-12-10-8-6-4-2/h18,21,39,42H,3-17,19-20,22-38H2,1-2H3. The van der Waals surface area contributed by atoms with E-state index in [1.165, 1.54) is 154 Å². The molecule has 0 aromatic rings. The minimum Gasteiger partial charge on any atom is -0.463 e. The van der Waals surface area contributed by atoms with E-state index in [0.29, 0.717) is 12.8 Å². The molecule has 1 unspecified atom stereocenters. The van der Waals surface area contributed by atoms with Crippen molar-refractivity contribution < 1.29 is 24.2 Å². The van der Waals surface area contributed by atoms with Gasteiger partial charge in [0.15, 0.2) is 0 Å². The van der Waals surface area contributed by atoms with Gasteiger partial charge in [-0.1, -0.05) is 180 Å². The number of carbonyl (C=O) groups excluding carboxylic acids is 2. The molecule has 5 heteroatoms. The fourth-order valence-corrected chi connectivity index (χ4v) is 5.91. The second-order valence-electron chi connectivity index (χ2n) is 13.8. The lowest BCUT2D eigenvalue weighted by Crippen LogP contribution is -2.25. The summed E-state index contributed by atoms with van der Waals surface area (Å²) in [5.41, 5.74) is 0. The van der Waals surface area contributed by atoms with Crippen LogP contribution < -0.4 is 0 Å². The van der Waals surface area contributed by atoms with Crippen LogP contribution in [0.15, 0.2) is 12.2 Å². The third-order valence-electron chi connectivity index (χ3n) is 9.00. The van der Waals surface area contributed by atoms with Crippen molar-refractivity contribution in [2.75, 3.05) is 13.2 Å². The van der Waals surface area contributed by atoms with E-state index in [4.69, 9.17) is 9.47 Å². The number of allylic oxidation sites excluding steroid dienone is 2. The molecule has 0 heterocycles. The minimum atomic E-state index is -0.961. The van der Waals surface area contributed by atoms with Gasteiger partial charge in [-0.15, -0.1) is 0 Å². The molecule has 0 aliphatic carbocycles. The lowest BCUT2D eigenvalue weighted by Gasteiger charge is -2.12. The average molecular weight is 651 g/mol. The molecule has 0 radical (unpaired) electrons. The highest BCUT2D eigenvalue weighted by molar-refractivity contribution is 5.69. The molecule has 0 saturated heterocycles. The molecule has 0 aromatic heterocycles. The van der Waals surface area contributed by atoms with Gasteiger partial charge in [-0.2, -0.15) is 0 Å². The maximum absolute atomic E-state index is 12.0. The number of aliphatic hydroxyl groups is 1. The summed E-state index contributed by atoms with van der Waals surface area (Å²) in [5.74, 6) is -0.564. The summed E-state index contributed by atoms with van der Waals surface area (Å²) in [4.78, 5) is 23.9. The predicted molar refractivity (Wildman–Crippen MR) is 196 cm³/mol. The SMILES string of the molecule is CCCCCCCCC=CCCCCCCCC(=O)OCC(O)COC(=O)CCCCCCCCCCCCCCCCCCC. The van der Waals surface area contributed by atoms with Crippen LogP contribution in [0.5, 0.6) is 0 Å². The second-order valence-corrected chi connectivity index (χ2v) is 13.8. The van der Waals surface area contributed by atoms with Crippen molar-refractivity contribution in [1.29, 1.82) is 0 Å². The van der Waals surface area contributed by atoms with Crippen molar-refractivity contribution in [3.05, 3.63) is 12.2 Å². The van der Waals surface area contributed by atoms with Gasteiger partial charge in [-0.25, -0.2) is 0 Å². The number of ether oxygens (including phenoxy) is 2. The summed E-state index contributed by atoms with van der Waals surface area (Å²) >= 11 is 0. The van der Waals surface area contributed by atoms with Crippen LogP contribution in [0.2, 0.25) is 0 Å². The van der Waals surface area contributed by atoms with Gasteiger partial charge >= 0.3 is 11.9 Å². The van der Waals surface area contributed by atoms with Crippen LogP contribution in [-0.2, 0) is 19.1 Å². The molecule has 0 spiro atoms. The number of hydrogen-bond acceptors (Lipinski definition) is 5. The molecule has 0 saturated carbocycles. The Hall–Kier alpha value is -1.36. The first-order chi connectivity index (χ1) is 22.6. The summed E-state index contributed by atoms with van der Waals surface area (Å²) < 4.78 is 10.3. The summed E-state index contributed by atoms with van der Waals surface area (Å²) in [7, 11) is 0. The minimum absolute atomic E-state index is 0.113. The Morgan fingerprint density at radius 3 is 1.00 bits per heavy atom. The van der Waals surface area contributed by atoms with Gasteiger partial charge in [-0.05, 0) is 38.5 Å². The van der Waals surface area contributed by atoms with E-state index in [1.54, 1.807) is 0 Å². The maximum Gasteiger partial charge on any atom is 0.305 e. The molecule has 0 rings (SSSR count). The van der Waals surface area contributed by atoms with Gasteiger partial charge in [0.25, 0.3) is 0 Å². The zero-order valence-electron chi connectivity index (χ0n) is 30.9. The lowest BCUT2D eigenvalue weighted by atomic mass is 10.0. The first kappa shape index (κ1) is 44.6. The summed E-state index contributed by atoms with van der Waals surface area (Å²) in [6, 6.07) is 0. The van der Waals surface area contributed by atoms with E-state index >= 15 is 0 Å². The fraction of sp³-hybridized carbons (Fsp3) is 0.902. The lowest BCUT2D eigenvalue weighted by molar-refractivity contribution is -0.152. The highest BCUT2D eigenvalue weighted by Crippen LogP contribution is 2.15. The largest absolute Gasteiger partial charge is 0.463 e. The van der Waals surface area contributed by atoms with E-state index in [9.17, 15) is 14.7 Å². The Morgan fingerprint density at radius 1 is 0.435 bits per heavy atom. The molecule has 0 amide bonds. The number of unbranched alkanes of at least 4 members (excludes halogenated alkanes) is 27. The van der Waals surface area contributed by atoms with Crippen LogP contribution in [0, 0.1) is 0 Å². The molecule has 0 aromatic carbocycles. The third-order valence-corrected chi connectivity index (χ3v) is 9.00. The van der Waals surface area contributed by atoms with Crippen molar-refractivity contribution in [2.45, 2.75) is 225 Å². The van der Waals surface area contributed by atoms with Gasteiger partial charge in [0.2, 0.25) is 0 Å². The molecule has 0 fully saturated rings. The van der Waals surface area contributed by atoms with E-state index in [-0.39, 0.29) is 25.2 Å². The van der Waals surface area contributed by atoms with Crippen molar-refractivity contribution in [2.24, 2.45) is 0 Å². The normalized spacial score (nSPS) is 12.2. The van der Waals surface area contributed by atoms with Gasteiger partial charge < -0.3 is 14.6 Å². The van der Waals surface area contributed by atoms with E-state index < -0.39 is 6.10 Å². The molecule has 1 atom stereocenters. The van der Waals surface area contributed by atoms with Crippen molar-refractivity contribution in [3.63, 3.8) is 0 Å². The van der Waals surface area contributed by atoms with Gasteiger partial charge in [0.05, 0.1) is 0 Å². The first-order valence-electron chi connectivity index (χ1n) is 20.2. The van der Waals surface area contributed by atoms with Crippen LogP contribution in [0.3, 0.4) is 0 Å². The number of rotatable bonds is 37. The van der Waals surface area contributed by atoms with Crippen LogP contribution in [0.4, 0.5) is 0 Å². The van der Waals surface area contributed by atoms with Gasteiger partial charge in [0.1, 0.15) is 19.3 Å². The molecule has 0 aliphatic rings. The van der Waals surface area contributed by atoms with Gasteiger partial charge in [0, 0.05) is 12.8 Å². The summed E-state index contributed by atoms with van der Waals surface area (Å²) in [6.07, 6.45) is 42.7. The van der Waals surface area contributed by atoms with E-state index in [2.05, 4.69) is 26.0 Å². The van der Waals surface area contributed by atoms with E-state index in [0.717, 1.165) is 38.5 Å². The smallest absolute Gasteiger partial charge is 0.305 e. The number of esters is 2. The Morgan fingerprint density at radius 2 is 0.696 bits per heavy atom. The number of hydrogen-bond donors (Lipinski definition) is 1. The Kier molecular flexibility index (Phi) is 37.0. The summed E-state index contributed by atoms with van der Waals surface area (Å²) in [5, 5.41) is 10.0. The van der Waals surface area contributed by atoms with Crippen molar-refractivity contribution >= 4 is 11.9 Å². The Bertz CT molecular complexity index is 661. The van der Waals surface area contributed by atoms with Crippen LogP contribution >= 0.6 is 0 Å². The molecule has 1 N–H and O–H groups in total. The maximum atomic E-state index is 12.0. The van der Waals surface area contributed by atoms with Crippen molar-refractivity contribution in [3.8, 4) is 0 Å². The van der Waals surface area contributed by atoms with E-state index in [1.807, 2.05) is 0 Å².